The van der Waals surface area contributed by atoms with E-state index in [-0.39, 0.29) is 18.0 Å². The third kappa shape index (κ3) is 4.38. The lowest BCUT2D eigenvalue weighted by molar-refractivity contribution is 0.0981. The average molecular weight is 332 g/mol. The molecule has 0 aromatic heterocycles. The number of hydrogen-bond acceptors (Lipinski definition) is 3. The summed E-state index contributed by atoms with van der Waals surface area (Å²) in [4.78, 5) is 4.99. The molecule has 3 nitrogen and oxygen atoms in total. The van der Waals surface area contributed by atoms with Gasteiger partial charge in [-0.15, -0.1) is 12.4 Å². The quantitative estimate of drug-likeness (QED) is 0.914. The molecule has 1 aromatic rings. The van der Waals surface area contributed by atoms with Gasteiger partial charge >= 0.3 is 0 Å². The number of nitrogens with one attached hydrogen (secondary N) is 1. The largest absolute Gasteiger partial charge is 0.315 e. The van der Waals surface area contributed by atoms with Gasteiger partial charge in [-0.3, -0.25) is 9.80 Å². The van der Waals surface area contributed by atoms with E-state index in [9.17, 15) is 8.78 Å². The molecule has 2 aliphatic heterocycles. The van der Waals surface area contributed by atoms with Crippen molar-refractivity contribution in [2.45, 2.75) is 25.4 Å². The number of benzene rings is 1. The predicted molar refractivity (Wildman–Crippen MR) is 86.8 cm³/mol. The van der Waals surface area contributed by atoms with E-state index in [1.165, 1.54) is 6.42 Å². The van der Waals surface area contributed by atoms with Gasteiger partial charge in [-0.1, -0.05) is 24.3 Å². The first-order valence-corrected chi connectivity index (χ1v) is 7.76. The summed E-state index contributed by atoms with van der Waals surface area (Å²) < 4.78 is 25.1. The second-order valence-corrected chi connectivity index (χ2v) is 6.00. The number of alkyl halides is 2. The minimum Gasteiger partial charge on any atom is -0.315 e. The lowest BCUT2D eigenvalue weighted by Crippen LogP contribution is -2.50. The lowest BCUT2D eigenvalue weighted by Gasteiger charge is -2.37. The van der Waals surface area contributed by atoms with Gasteiger partial charge in [0.15, 0.2) is 0 Å². The highest BCUT2D eigenvalue weighted by Gasteiger charge is 2.25. The van der Waals surface area contributed by atoms with E-state index in [1.807, 2.05) is 12.1 Å². The molecular formula is C16H24ClF2N3. The van der Waals surface area contributed by atoms with E-state index in [1.54, 1.807) is 12.1 Å². The molecule has 0 saturated carbocycles. The van der Waals surface area contributed by atoms with Gasteiger partial charge < -0.3 is 5.32 Å². The Labute approximate surface area is 137 Å². The van der Waals surface area contributed by atoms with Gasteiger partial charge in [0.05, 0.1) is 0 Å². The number of halogens is 3. The van der Waals surface area contributed by atoms with Gasteiger partial charge in [0.1, 0.15) is 0 Å². The van der Waals surface area contributed by atoms with Crippen molar-refractivity contribution < 1.29 is 8.78 Å². The Bertz CT molecular complexity index is 441. The molecule has 22 heavy (non-hydrogen) atoms. The van der Waals surface area contributed by atoms with Crippen molar-refractivity contribution in [1.82, 2.24) is 15.1 Å². The van der Waals surface area contributed by atoms with Crippen LogP contribution in [0, 0.1) is 0 Å². The summed E-state index contributed by atoms with van der Waals surface area (Å²) in [5.74, 6) is 0. The highest BCUT2D eigenvalue weighted by atomic mass is 35.5. The predicted octanol–water partition coefficient (Wildman–Crippen LogP) is 2.53. The highest BCUT2D eigenvalue weighted by Crippen LogP contribution is 2.20. The second-order valence-electron chi connectivity index (χ2n) is 6.00. The molecule has 1 N–H and O–H groups in total. The fourth-order valence-electron chi connectivity index (χ4n) is 3.26. The first-order valence-electron chi connectivity index (χ1n) is 7.76. The number of hydrogen-bond donors (Lipinski definition) is 1. The van der Waals surface area contributed by atoms with Crippen LogP contribution in [0.2, 0.25) is 0 Å². The Morgan fingerprint density at radius 2 is 1.77 bits per heavy atom. The van der Waals surface area contributed by atoms with E-state index >= 15 is 0 Å². The zero-order valence-corrected chi connectivity index (χ0v) is 13.5. The molecule has 0 bridgehead atoms. The summed E-state index contributed by atoms with van der Waals surface area (Å²) in [5.41, 5.74) is 1.23. The molecule has 2 aliphatic rings. The van der Waals surface area contributed by atoms with Crippen LogP contribution in [0.1, 0.15) is 24.0 Å². The molecule has 2 fully saturated rings. The number of nitrogens with zero attached hydrogens (tertiary/aromatic N) is 2. The van der Waals surface area contributed by atoms with Crippen LogP contribution in [0.25, 0.3) is 0 Å². The van der Waals surface area contributed by atoms with E-state index in [4.69, 9.17) is 0 Å². The van der Waals surface area contributed by atoms with E-state index in [0.717, 1.165) is 51.4 Å². The third-order valence-corrected chi connectivity index (χ3v) is 4.60. The molecule has 6 heteroatoms. The van der Waals surface area contributed by atoms with Crippen molar-refractivity contribution >= 4 is 12.4 Å². The van der Waals surface area contributed by atoms with Crippen LogP contribution in [-0.4, -0.2) is 55.1 Å². The summed E-state index contributed by atoms with van der Waals surface area (Å²) in [6, 6.07) is 7.45. The average Bonchev–Trinajstić information content (AvgIpc) is 3.03. The van der Waals surface area contributed by atoms with E-state index < -0.39 is 6.43 Å². The normalized spacial score (nSPS) is 23.7. The van der Waals surface area contributed by atoms with Crippen LogP contribution in [0.15, 0.2) is 24.3 Å². The summed E-state index contributed by atoms with van der Waals surface area (Å²) in [7, 11) is 0. The van der Waals surface area contributed by atoms with Crippen molar-refractivity contribution in [2.24, 2.45) is 0 Å². The van der Waals surface area contributed by atoms with Gasteiger partial charge in [0, 0.05) is 50.9 Å². The first-order chi connectivity index (χ1) is 10.2. The van der Waals surface area contributed by atoms with Gasteiger partial charge in [-0.05, 0) is 18.5 Å². The standard InChI is InChI=1S/C16H23F2N3.ClH/c17-16(18)14-3-1-13(2-4-14)12-20-7-9-21(10-8-20)15-5-6-19-11-15;/h1-4,15-16,19H,5-12H2;1H. The molecule has 1 atom stereocenters. The Morgan fingerprint density at radius 3 is 2.32 bits per heavy atom. The zero-order chi connectivity index (χ0) is 14.7. The Kier molecular flexibility index (Phi) is 6.56. The molecule has 0 amide bonds. The maximum Gasteiger partial charge on any atom is 0.263 e. The molecule has 2 heterocycles. The summed E-state index contributed by atoms with van der Waals surface area (Å²) >= 11 is 0. The Balaban J connectivity index is 0.00000176. The van der Waals surface area contributed by atoms with Crippen molar-refractivity contribution in [3.8, 4) is 0 Å². The summed E-state index contributed by atoms with van der Waals surface area (Å²) in [5, 5.41) is 3.42. The van der Waals surface area contributed by atoms with Crippen LogP contribution < -0.4 is 5.32 Å². The maximum absolute atomic E-state index is 12.5. The SMILES string of the molecule is Cl.FC(F)c1ccc(CN2CCN(C3CCNC3)CC2)cc1. The molecule has 0 radical (unpaired) electrons. The van der Waals surface area contributed by atoms with Crippen molar-refractivity contribution in [3.05, 3.63) is 35.4 Å². The van der Waals surface area contributed by atoms with Gasteiger partial charge in [-0.2, -0.15) is 0 Å². The minimum absolute atomic E-state index is 0. The van der Waals surface area contributed by atoms with E-state index in [0.29, 0.717) is 6.04 Å². The monoisotopic (exact) mass is 331 g/mol. The Hall–Kier alpha value is -0.750. The van der Waals surface area contributed by atoms with Crippen LogP contribution in [-0.2, 0) is 6.54 Å². The Morgan fingerprint density at radius 1 is 1.09 bits per heavy atom. The van der Waals surface area contributed by atoms with Crippen molar-refractivity contribution in [1.29, 1.82) is 0 Å². The molecule has 0 spiro atoms. The molecule has 0 aliphatic carbocycles. The fourth-order valence-corrected chi connectivity index (χ4v) is 3.26. The van der Waals surface area contributed by atoms with Crippen LogP contribution >= 0.6 is 12.4 Å². The maximum atomic E-state index is 12.5. The van der Waals surface area contributed by atoms with Gasteiger partial charge in [0.25, 0.3) is 6.43 Å². The molecule has 3 rings (SSSR count). The molecule has 2 saturated heterocycles. The molecule has 1 unspecified atom stereocenters. The fraction of sp³-hybridized carbons (Fsp3) is 0.625. The van der Waals surface area contributed by atoms with Crippen molar-refractivity contribution in [2.75, 3.05) is 39.3 Å². The summed E-state index contributed by atoms with van der Waals surface area (Å²) in [6.45, 7) is 7.47. The van der Waals surface area contributed by atoms with Gasteiger partial charge in [0.2, 0.25) is 0 Å². The molecule has 124 valence electrons. The minimum atomic E-state index is -2.37. The number of piperazine rings is 1. The second kappa shape index (κ2) is 8.20. The highest BCUT2D eigenvalue weighted by molar-refractivity contribution is 5.85. The topological polar surface area (TPSA) is 18.5 Å². The van der Waals surface area contributed by atoms with Crippen molar-refractivity contribution in [3.63, 3.8) is 0 Å². The third-order valence-electron chi connectivity index (χ3n) is 4.60. The smallest absolute Gasteiger partial charge is 0.263 e. The van der Waals surface area contributed by atoms with Crippen LogP contribution in [0.3, 0.4) is 0 Å². The van der Waals surface area contributed by atoms with Crippen LogP contribution in [0.4, 0.5) is 8.78 Å². The number of rotatable bonds is 4. The van der Waals surface area contributed by atoms with E-state index in [2.05, 4.69) is 15.1 Å². The van der Waals surface area contributed by atoms with Gasteiger partial charge in [-0.25, -0.2) is 8.78 Å². The molecule has 1 aromatic carbocycles. The zero-order valence-electron chi connectivity index (χ0n) is 12.7. The van der Waals surface area contributed by atoms with Crippen LogP contribution in [0.5, 0.6) is 0 Å². The summed E-state index contributed by atoms with van der Waals surface area (Å²) in [6.07, 6.45) is -1.11. The molecular weight excluding hydrogens is 308 g/mol. The first kappa shape index (κ1) is 17.6. The lowest BCUT2D eigenvalue weighted by atomic mass is 10.1.